The van der Waals surface area contributed by atoms with Gasteiger partial charge in [0.25, 0.3) is 0 Å². The molecule has 0 radical (unpaired) electrons. The van der Waals surface area contributed by atoms with Crippen LogP contribution in [0.25, 0.3) is 66.8 Å². The van der Waals surface area contributed by atoms with Crippen molar-refractivity contribution < 1.29 is 0 Å². The molecule has 460 valence electrons. The molecular weight excluding hydrogens is 1140 g/mol. The van der Waals surface area contributed by atoms with Gasteiger partial charge in [0.1, 0.15) is 0 Å². The molecule has 0 aliphatic heterocycles. The number of hydrogen-bond donors (Lipinski definition) is 0. The summed E-state index contributed by atoms with van der Waals surface area (Å²) >= 11 is 0. The lowest BCUT2D eigenvalue weighted by Crippen LogP contribution is -2.26. The third kappa shape index (κ3) is 12.9. The predicted molar refractivity (Wildman–Crippen MR) is 401 cm³/mol. The Labute approximate surface area is 557 Å². The molecule has 0 fully saturated rings. The molecule has 0 atom stereocenters. The largest absolute Gasteiger partial charge is 0.311 e. The van der Waals surface area contributed by atoms with Crippen molar-refractivity contribution in [2.75, 3.05) is 14.7 Å². The highest BCUT2D eigenvalue weighted by atomic mass is 15.2. The maximum Gasteiger partial charge on any atom is 0.0467 e. The molecular formula is C91H81N3. The average Bonchev–Trinajstić information content (AvgIpc) is 1.61. The highest BCUT2D eigenvalue weighted by Crippen LogP contribution is 2.56. The fourth-order valence-electron chi connectivity index (χ4n) is 14.4. The molecule has 3 heteroatoms. The summed E-state index contributed by atoms with van der Waals surface area (Å²) in [5.41, 5.74) is 27.7. The predicted octanol–water partition coefficient (Wildman–Crippen LogP) is 26.6. The Kier molecular flexibility index (Phi) is 18.4. The van der Waals surface area contributed by atoms with Gasteiger partial charge < -0.3 is 14.7 Å². The molecule has 0 aromatic heterocycles. The zero-order valence-corrected chi connectivity index (χ0v) is 54.2. The fraction of sp³-hybridized carbons (Fsp3) is 0.143. The van der Waals surface area contributed by atoms with Crippen molar-refractivity contribution in [2.45, 2.75) is 83.5 Å². The number of nitrogens with zero attached hydrogens (tertiary/aromatic N) is 3. The van der Waals surface area contributed by atoms with Crippen LogP contribution in [0.2, 0.25) is 0 Å². The van der Waals surface area contributed by atoms with E-state index >= 15 is 0 Å². The SMILES string of the molecule is CCCCCCC1(CCCCCC)c2ccccc2-c2ccc(N(c3ccccc3)c3ccc(-c4cccc(-c5ccc(N(c6ccc(-c7cccc(-c8ccc(N(c9ccccc9)c9ccccc9)cc8)c7)cc6)c6cccc(-c7ccccc7)c6)cc5)c4)cc3)cc21. The number of fused-ring (bicyclic) bond motifs is 3. The molecule has 14 rings (SSSR count). The zero-order chi connectivity index (χ0) is 63.5. The lowest BCUT2D eigenvalue weighted by atomic mass is 9.70. The number of rotatable bonds is 24. The number of benzene rings is 13. The van der Waals surface area contributed by atoms with E-state index in [1.807, 2.05) is 0 Å². The lowest BCUT2D eigenvalue weighted by Gasteiger charge is -2.34. The first-order valence-electron chi connectivity index (χ1n) is 34.1. The van der Waals surface area contributed by atoms with Gasteiger partial charge >= 0.3 is 0 Å². The molecule has 1 aliphatic carbocycles. The number of para-hydroxylation sites is 3. The van der Waals surface area contributed by atoms with Crippen LogP contribution < -0.4 is 14.7 Å². The average molecular weight is 1220 g/mol. The summed E-state index contributed by atoms with van der Waals surface area (Å²) < 4.78 is 0. The Balaban J connectivity index is 0.739. The highest BCUT2D eigenvalue weighted by Gasteiger charge is 2.42. The van der Waals surface area contributed by atoms with Gasteiger partial charge in [0.15, 0.2) is 0 Å². The number of unbranched alkanes of at least 4 members (excludes halogenated alkanes) is 6. The summed E-state index contributed by atoms with van der Waals surface area (Å²) in [6, 6.07) is 123. The molecule has 0 N–H and O–H groups in total. The van der Waals surface area contributed by atoms with Crippen LogP contribution in [0.4, 0.5) is 51.2 Å². The van der Waals surface area contributed by atoms with Crippen molar-refractivity contribution in [1.29, 1.82) is 0 Å². The zero-order valence-electron chi connectivity index (χ0n) is 54.2. The molecule has 0 saturated carbocycles. The van der Waals surface area contributed by atoms with Crippen LogP contribution in [0.15, 0.2) is 334 Å². The Morgan fingerprint density at radius 1 is 0.202 bits per heavy atom. The molecule has 0 spiro atoms. The molecule has 13 aromatic rings. The topological polar surface area (TPSA) is 9.72 Å². The van der Waals surface area contributed by atoms with E-state index in [1.165, 1.54) is 137 Å². The van der Waals surface area contributed by atoms with Crippen molar-refractivity contribution >= 4 is 51.2 Å². The van der Waals surface area contributed by atoms with Gasteiger partial charge in [-0.25, -0.2) is 0 Å². The number of hydrogen-bond acceptors (Lipinski definition) is 3. The summed E-state index contributed by atoms with van der Waals surface area (Å²) in [6.45, 7) is 4.65. The van der Waals surface area contributed by atoms with Gasteiger partial charge in [0.2, 0.25) is 0 Å². The lowest BCUT2D eigenvalue weighted by molar-refractivity contribution is 0.401. The van der Waals surface area contributed by atoms with Crippen LogP contribution in [0.3, 0.4) is 0 Å². The summed E-state index contributed by atoms with van der Waals surface area (Å²) in [7, 11) is 0. The van der Waals surface area contributed by atoms with Crippen molar-refractivity contribution in [3.8, 4) is 66.8 Å². The van der Waals surface area contributed by atoms with E-state index in [-0.39, 0.29) is 5.41 Å². The molecule has 1 aliphatic rings. The Morgan fingerprint density at radius 3 is 0.904 bits per heavy atom. The molecule has 94 heavy (non-hydrogen) atoms. The summed E-state index contributed by atoms with van der Waals surface area (Å²) in [5.74, 6) is 0. The van der Waals surface area contributed by atoms with Crippen molar-refractivity contribution in [3.63, 3.8) is 0 Å². The van der Waals surface area contributed by atoms with Crippen LogP contribution in [-0.4, -0.2) is 0 Å². The highest BCUT2D eigenvalue weighted by molar-refractivity contribution is 5.88. The van der Waals surface area contributed by atoms with Crippen LogP contribution in [0, 0.1) is 0 Å². The molecule has 0 saturated heterocycles. The molecule has 0 heterocycles. The van der Waals surface area contributed by atoms with E-state index in [4.69, 9.17) is 0 Å². The minimum absolute atomic E-state index is 0.00365. The van der Waals surface area contributed by atoms with Gasteiger partial charge in [-0.15, -0.1) is 0 Å². The monoisotopic (exact) mass is 1220 g/mol. The Bertz CT molecular complexity index is 4550. The van der Waals surface area contributed by atoms with Gasteiger partial charge in [-0.1, -0.05) is 278 Å². The fourth-order valence-corrected chi connectivity index (χ4v) is 14.4. The van der Waals surface area contributed by atoms with Gasteiger partial charge in [0, 0.05) is 56.6 Å². The van der Waals surface area contributed by atoms with Crippen LogP contribution >= 0.6 is 0 Å². The third-order valence-corrected chi connectivity index (χ3v) is 19.2. The molecule has 0 amide bonds. The Hall–Kier alpha value is -10.7. The first-order valence-corrected chi connectivity index (χ1v) is 34.1. The minimum atomic E-state index is 0.00365. The van der Waals surface area contributed by atoms with Gasteiger partial charge in [0.05, 0.1) is 0 Å². The molecule has 3 nitrogen and oxygen atoms in total. The second-order valence-corrected chi connectivity index (χ2v) is 25.3. The second kappa shape index (κ2) is 28.4. The van der Waals surface area contributed by atoms with Crippen molar-refractivity contribution in [1.82, 2.24) is 0 Å². The van der Waals surface area contributed by atoms with Gasteiger partial charge in [-0.2, -0.15) is 0 Å². The van der Waals surface area contributed by atoms with Gasteiger partial charge in [-0.05, 0) is 212 Å². The normalized spacial score (nSPS) is 12.0. The minimum Gasteiger partial charge on any atom is -0.311 e. The number of anilines is 9. The Morgan fingerprint density at radius 2 is 0.489 bits per heavy atom. The van der Waals surface area contributed by atoms with E-state index < -0.39 is 0 Å². The molecule has 0 unspecified atom stereocenters. The first-order chi connectivity index (χ1) is 46.5. The quantitative estimate of drug-likeness (QED) is 0.0558. The summed E-state index contributed by atoms with van der Waals surface area (Å²) in [6.07, 6.45) is 12.5. The van der Waals surface area contributed by atoms with E-state index in [0.29, 0.717) is 0 Å². The standard InChI is InChI=1S/C91H81N3/c1-3-5-7-23-62-91(63-24-8-6-4-2)89-43-22-21-42-87(89)88-61-60-86(67-90(88)91)93(80-39-19-12-20-40-80)82-54-46-70(47-55-82)74-31-26-33-76(65-74)72-50-58-84(59-51-72)94(85-41-27-34-77(66-85)68-28-13-9-14-29-68)83-56-48-71(49-57-83)75-32-25-30-73(64-75)69-44-52-81(53-45-69)92(78-35-15-10-16-36-78)79-37-17-11-18-38-79/h9-22,25-61,64-67H,3-8,23-24,62-63H2,1-2H3. The third-order valence-electron chi connectivity index (χ3n) is 19.2. The van der Waals surface area contributed by atoms with Crippen LogP contribution in [0.1, 0.15) is 89.2 Å². The van der Waals surface area contributed by atoms with E-state index in [1.54, 1.807) is 0 Å². The molecule has 13 aromatic carbocycles. The van der Waals surface area contributed by atoms with Crippen molar-refractivity contribution in [3.05, 3.63) is 345 Å². The van der Waals surface area contributed by atoms with Crippen LogP contribution in [0.5, 0.6) is 0 Å². The summed E-state index contributed by atoms with van der Waals surface area (Å²) in [4.78, 5) is 7.15. The van der Waals surface area contributed by atoms with E-state index in [2.05, 4.69) is 362 Å². The summed E-state index contributed by atoms with van der Waals surface area (Å²) in [5, 5.41) is 0. The van der Waals surface area contributed by atoms with Crippen molar-refractivity contribution in [2.24, 2.45) is 0 Å². The maximum absolute atomic E-state index is 2.57. The van der Waals surface area contributed by atoms with E-state index in [9.17, 15) is 0 Å². The van der Waals surface area contributed by atoms with Crippen LogP contribution in [-0.2, 0) is 5.41 Å². The molecule has 0 bridgehead atoms. The van der Waals surface area contributed by atoms with E-state index in [0.717, 1.165) is 56.6 Å². The van der Waals surface area contributed by atoms with Gasteiger partial charge in [-0.3, -0.25) is 0 Å². The second-order valence-electron chi connectivity index (χ2n) is 25.3. The maximum atomic E-state index is 2.57. The first kappa shape index (κ1) is 60.8. The smallest absolute Gasteiger partial charge is 0.0467 e.